The molecule has 0 aromatic heterocycles. The quantitative estimate of drug-likeness (QED) is 0.517. The Hall–Kier alpha value is -0.0951. The minimum atomic E-state index is -0.367. The summed E-state index contributed by atoms with van der Waals surface area (Å²) in [5.74, 6) is 0. The van der Waals surface area contributed by atoms with Gasteiger partial charge in [0.05, 0.1) is 19.2 Å². The Morgan fingerprint density at radius 2 is 2.31 bits per heavy atom. The van der Waals surface area contributed by atoms with Crippen molar-refractivity contribution in [2.75, 3.05) is 27.4 Å². The van der Waals surface area contributed by atoms with E-state index in [1.807, 2.05) is 7.85 Å². The van der Waals surface area contributed by atoms with Crippen LogP contribution in [0.4, 0.5) is 0 Å². The summed E-state index contributed by atoms with van der Waals surface area (Å²) in [5, 5.41) is 0. The summed E-state index contributed by atoms with van der Waals surface area (Å²) >= 11 is 0. The number of hydrogen-bond acceptors (Lipinski definition) is 4. The molecule has 2 heterocycles. The summed E-state index contributed by atoms with van der Waals surface area (Å²) < 4.78 is 21.9. The van der Waals surface area contributed by atoms with E-state index in [4.69, 9.17) is 18.9 Å². The topological polar surface area (TPSA) is 36.9 Å². The Labute approximate surface area is 78.9 Å². The molecule has 13 heavy (non-hydrogen) atoms. The second kappa shape index (κ2) is 3.24. The maximum atomic E-state index is 5.82. The Kier molecular flexibility index (Phi) is 2.36. The molecular weight excluding hydrogens is 171 g/mol. The number of fused-ring (bicyclic) bond motifs is 2. The molecule has 2 aliphatic heterocycles. The number of methoxy groups -OCH3 is 2. The van der Waals surface area contributed by atoms with Gasteiger partial charge in [-0.3, -0.25) is 0 Å². The molecule has 0 N–H and O–H groups in total. The lowest BCUT2D eigenvalue weighted by molar-refractivity contribution is -0.144. The van der Waals surface area contributed by atoms with E-state index in [1.54, 1.807) is 14.2 Å². The molecule has 2 unspecified atom stereocenters. The first kappa shape index (κ1) is 9.46. The SMILES string of the molecule is B[C@@H]1O[C@]2(COC)COC1C2OC. The molecule has 0 radical (unpaired) electrons. The average molecular weight is 186 g/mol. The maximum Gasteiger partial charge on any atom is 0.143 e. The molecule has 2 saturated heterocycles. The van der Waals surface area contributed by atoms with Gasteiger partial charge in [0.15, 0.2) is 0 Å². The Balaban J connectivity index is 2.17. The van der Waals surface area contributed by atoms with Crippen LogP contribution in [0.15, 0.2) is 0 Å². The van der Waals surface area contributed by atoms with E-state index in [9.17, 15) is 0 Å². The first-order valence-corrected chi connectivity index (χ1v) is 4.54. The molecule has 2 aliphatic rings. The van der Waals surface area contributed by atoms with Gasteiger partial charge >= 0.3 is 0 Å². The van der Waals surface area contributed by atoms with Crippen LogP contribution in [0.5, 0.6) is 0 Å². The highest BCUT2D eigenvalue weighted by Crippen LogP contribution is 2.40. The maximum absolute atomic E-state index is 5.82. The van der Waals surface area contributed by atoms with Crippen LogP contribution in [0.1, 0.15) is 0 Å². The van der Waals surface area contributed by atoms with Crippen molar-refractivity contribution in [3.05, 3.63) is 0 Å². The van der Waals surface area contributed by atoms with Gasteiger partial charge in [-0.05, 0) is 0 Å². The smallest absolute Gasteiger partial charge is 0.143 e. The second-order valence-electron chi connectivity index (χ2n) is 3.75. The van der Waals surface area contributed by atoms with Gasteiger partial charge in [-0.2, -0.15) is 0 Å². The average Bonchev–Trinajstić information content (AvgIpc) is 2.55. The lowest BCUT2D eigenvalue weighted by Crippen LogP contribution is -2.45. The molecule has 0 aliphatic carbocycles. The molecule has 0 aromatic carbocycles. The predicted molar refractivity (Wildman–Crippen MR) is 48.6 cm³/mol. The molecule has 0 saturated carbocycles. The van der Waals surface area contributed by atoms with Crippen LogP contribution in [0.2, 0.25) is 0 Å². The molecule has 2 fully saturated rings. The van der Waals surface area contributed by atoms with Gasteiger partial charge in [0.2, 0.25) is 0 Å². The fourth-order valence-corrected chi connectivity index (χ4v) is 2.38. The van der Waals surface area contributed by atoms with Gasteiger partial charge in [0, 0.05) is 14.2 Å². The van der Waals surface area contributed by atoms with Crippen LogP contribution in [-0.2, 0) is 18.9 Å². The van der Waals surface area contributed by atoms with Gasteiger partial charge in [0.25, 0.3) is 0 Å². The van der Waals surface area contributed by atoms with Crippen molar-refractivity contribution >= 4 is 7.85 Å². The number of ether oxygens (including phenoxy) is 4. The minimum absolute atomic E-state index is 0.0162. The van der Waals surface area contributed by atoms with Gasteiger partial charge in [0.1, 0.15) is 25.7 Å². The fraction of sp³-hybridized carbons (Fsp3) is 1.00. The van der Waals surface area contributed by atoms with Crippen molar-refractivity contribution in [2.24, 2.45) is 0 Å². The van der Waals surface area contributed by atoms with Crippen LogP contribution in [0.3, 0.4) is 0 Å². The first-order valence-electron chi connectivity index (χ1n) is 4.54. The summed E-state index contributed by atoms with van der Waals surface area (Å²) in [7, 11) is 5.37. The van der Waals surface area contributed by atoms with Gasteiger partial charge in [-0.15, -0.1) is 0 Å². The molecular formula is C8H15BO4. The molecule has 0 amide bonds. The van der Waals surface area contributed by atoms with E-state index in [0.717, 1.165) is 0 Å². The zero-order valence-electron chi connectivity index (χ0n) is 8.28. The number of rotatable bonds is 3. The number of hydrogen-bond donors (Lipinski definition) is 0. The van der Waals surface area contributed by atoms with Crippen molar-refractivity contribution in [1.29, 1.82) is 0 Å². The Morgan fingerprint density at radius 1 is 1.54 bits per heavy atom. The normalized spacial score (nSPS) is 48.6. The standard InChI is InChI=1S/C8H15BO4/c1-10-3-8-4-12-5(6(8)11-2)7(9)13-8/h5-7H,3-4,9H2,1-2H3/t5?,6?,7-,8-/m1/s1. The highest BCUT2D eigenvalue weighted by molar-refractivity contribution is 6.11. The predicted octanol–water partition coefficient (Wildman–Crippen LogP) is -1.23. The van der Waals surface area contributed by atoms with Crippen LogP contribution < -0.4 is 0 Å². The zero-order valence-corrected chi connectivity index (χ0v) is 8.28. The van der Waals surface area contributed by atoms with E-state index >= 15 is 0 Å². The van der Waals surface area contributed by atoms with Gasteiger partial charge < -0.3 is 18.9 Å². The molecule has 2 rings (SSSR count). The van der Waals surface area contributed by atoms with Crippen molar-refractivity contribution in [2.45, 2.75) is 23.8 Å². The third kappa shape index (κ3) is 1.22. The van der Waals surface area contributed by atoms with Crippen LogP contribution in [0.25, 0.3) is 0 Å². The highest BCUT2D eigenvalue weighted by Gasteiger charge is 2.60. The lowest BCUT2D eigenvalue weighted by atomic mass is 9.92. The van der Waals surface area contributed by atoms with Crippen molar-refractivity contribution in [3.63, 3.8) is 0 Å². The summed E-state index contributed by atoms with van der Waals surface area (Å²) in [4.78, 5) is 0. The largest absolute Gasteiger partial charge is 0.381 e. The molecule has 0 aromatic rings. The summed E-state index contributed by atoms with van der Waals surface area (Å²) in [6, 6.07) is 0.105. The summed E-state index contributed by atoms with van der Waals surface area (Å²) in [6.45, 7) is 1.11. The third-order valence-corrected chi connectivity index (χ3v) is 2.86. The summed E-state index contributed by atoms with van der Waals surface area (Å²) in [5.41, 5.74) is -0.367. The molecule has 0 spiro atoms. The molecule has 5 heteroatoms. The lowest BCUT2D eigenvalue weighted by Gasteiger charge is -2.29. The highest BCUT2D eigenvalue weighted by atomic mass is 16.7. The van der Waals surface area contributed by atoms with Crippen molar-refractivity contribution in [3.8, 4) is 0 Å². The molecule has 4 nitrogen and oxygen atoms in total. The van der Waals surface area contributed by atoms with Crippen LogP contribution in [0, 0.1) is 0 Å². The van der Waals surface area contributed by atoms with E-state index in [-0.39, 0.29) is 23.8 Å². The van der Waals surface area contributed by atoms with Crippen LogP contribution in [-0.4, -0.2) is 59.1 Å². The van der Waals surface area contributed by atoms with Gasteiger partial charge in [-0.25, -0.2) is 0 Å². The zero-order chi connectivity index (χ0) is 9.47. The van der Waals surface area contributed by atoms with E-state index in [1.165, 1.54) is 0 Å². The van der Waals surface area contributed by atoms with E-state index in [0.29, 0.717) is 13.2 Å². The van der Waals surface area contributed by atoms with E-state index in [2.05, 4.69) is 0 Å². The molecule has 2 bridgehead atoms. The fourth-order valence-electron chi connectivity index (χ4n) is 2.38. The third-order valence-electron chi connectivity index (χ3n) is 2.86. The van der Waals surface area contributed by atoms with Crippen LogP contribution >= 0.6 is 0 Å². The second-order valence-corrected chi connectivity index (χ2v) is 3.75. The van der Waals surface area contributed by atoms with Gasteiger partial charge in [-0.1, -0.05) is 0 Å². The minimum Gasteiger partial charge on any atom is -0.381 e. The van der Waals surface area contributed by atoms with Crippen molar-refractivity contribution in [1.82, 2.24) is 0 Å². The van der Waals surface area contributed by atoms with Crippen molar-refractivity contribution < 1.29 is 18.9 Å². The summed E-state index contributed by atoms with van der Waals surface area (Å²) in [6.07, 6.45) is 0.0857. The monoisotopic (exact) mass is 186 g/mol. The first-order chi connectivity index (χ1) is 6.23. The van der Waals surface area contributed by atoms with E-state index < -0.39 is 0 Å². The Morgan fingerprint density at radius 3 is 2.85 bits per heavy atom. The Bertz CT molecular complexity index is 201. The molecule has 74 valence electrons. The molecule has 4 atom stereocenters.